The number of ether oxygens (including phenoxy) is 1. The number of carbonyl (C=O) groups is 2. The van der Waals surface area contributed by atoms with Crippen molar-refractivity contribution in [2.75, 3.05) is 45.9 Å². The van der Waals surface area contributed by atoms with E-state index in [-0.39, 0.29) is 18.9 Å². The fourth-order valence-electron chi connectivity index (χ4n) is 1.81. The van der Waals surface area contributed by atoms with Gasteiger partial charge in [0.05, 0.1) is 13.2 Å². The van der Waals surface area contributed by atoms with Crippen LogP contribution >= 0.6 is 0 Å². The van der Waals surface area contributed by atoms with Crippen LogP contribution in [0, 0.1) is 0 Å². The molecule has 0 aliphatic carbocycles. The van der Waals surface area contributed by atoms with Crippen LogP contribution in [-0.2, 0) is 14.3 Å². The van der Waals surface area contributed by atoms with E-state index in [0.717, 1.165) is 13.1 Å². The van der Waals surface area contributed by atoms with E-state index >= 15 is 0 Å². The van der Waals surface area contributed by atoms with Crippen molar-refractivity contribution in [1.82, 2.24) is 9.80 Å². The van der Waals surface area contributed by atoms with Crippen LogP contribution in [0.5, 0.6) is 0 Å². The van der Waals surface area contributed by atoms with Crippen LogP contribution in [0.25, 0.3) is 0 Å². The summed E-state index contributed by atoms with van der Waals surface area (Å²) in [6.45, 7) is 5.50. The van der Waals surface area contributed by atoms with Crippen molar-refractivity contribution >= 4 is 11.9 Å². The first kappa shape index (κ1) is 13.9. The van der Waals surface area contributed by atoms with E-state index in [4.69, 9.17) is 9.84 Å². The van der Waals surface area contributed by atoms with E-state index in [1.54, 1.807) is 11.8 Å². The SMILES string of the molecule is CCOC(=O)CC(=O)N1CCN(CCO)CC1. The largest absolute Gasteiger partial charge is 0.466 e. The second-order valence-electron chi connectivity index (χ2n) is 3.93. The molecular formula is C11H20N2O4. The summed E-state index contributed by atoms with van der Waals surface area (Å²) in [4.78, 5) is 26.6. The minimum Gasteiger partial charge on any atom is -0.466 e. The Kier molecular flexibility index (Phi) is 5.93. The molecule has 0 aromatic rings. The first-order valence-electron chi connectivity index (χ1n) is 5.94. The van der Waals surface area contributed by atoms with Gasteiger partial charge in [0.25, 0.3) is 0 Å². The molecule has 1 aliphatic rings. The van der Waals surface area contributed by atoms with Crippen molar-refractivity contribution in [2.45, 2.75) is 13.3 Å². The van der Waals surface area contributed by atoms with Crippen LogP contribution in [0.3, 0.4) is 0 Å². The second-order valence-corrected chi connectivity index (χ2v) is 3.93. The Morgan fingerprint density at radius 2 is 1.88 bits per heavy atom. The highest BCUT2D eigenvalue weighted by molar-refractivity contribution is 5.94. The number of β-amino-alcohol motifs (C(OH)–C–C–N with tert-alkyl or cyclic N) is 1. The molecule has 1 fully saturated rings. The first-order valence-corrected chi connectivity index (χ1v) is 5.94. The predicted octanol–water partition coefficient (Wildman–Crippen LogP) is -0.924. The molecule has 0 unspecified atom stereocenters. The van der Waals surface area contributed by atoms with Gasteiger partial charge >= 0.3 is 5.97 Å². The zero-order chi connectivity index (χ0) is 12.7. The fraction of sp³-hybridized carbons (Fsp3) is 0.818. The minimum absolute atomic E-state index is 0.136. The third-order valence-electron chi connectivity index (χ3n) is 2.74. The number of hydrogen-bond donors (Lipinski definition) is 1. The Balaban J connectivity index is 2.28. The molecule has 1 amide bonds. The molecule has 6 heteroatoms. The minimum atomic E-state index is -0.463. The molecular weight excluding hydrogens is 224 g/mol. The van der Waals surface area contributed by atoms with Crippen LogP contribution in [0.4, 0.5) is 0 Å². The van der Waals surface area contributed by atoms with Crippen molar-refractivity contribution in [1.29, 1.82) is 0 Å². The van der Waals surface area contributed by atoms with Crippen LogP contribution < -0.4 is 0 Å². The van der Waals surface area contributed by atoms with Crippen LogP contribution in [0.15, 0.2) is 0 Å². The Hall–Kier alpha value is -1.14. The highest BCUT2D eigenvalue weighted by Crippen LogP contribution is 2.04. The van der Waals surface area contributed by atoms with Crippen molar-refractivity contribution in [3.63, 3.8) is 0 Å². The number of aliphatic hydroxyl groups excluding tert-OH is 1. The molecule has 17 heavy (non-hydrogen) atoms. The molecule has 1 rings (SSSR count). The maximum absolute atomic E-state index is 11.7. The first-order chi connectivity index (χ1) is 8.17. The molecule has 0 saturated carbocycles. The molecule has 0 aromatic heterocycles. The number of aliphatic hydroxyl groups is 1. The number of piperazine rings is 1. The Bertz CT molecular complexity index is 262. The van der Waals surface area contributed by atoms with E-state index in [1.165, 1.54) is 0 Å². The van der Waals surface area contributed by atoms with E-state index in [1.807, 2.05) is 0 Å². The Morgan fingerprint density at radius 3 is 2.41 bits per heavy atom. The van der Waals surface area contributed by atoms with Gasteiger partial charge in [0.1, 0.15) is 6.42 Å². The topological polar surface area (TPSA) is 70.1 Å². The molecule has 6 nitrogen and oxygen atoms in total. The summed E-state index contributed by atoms with van der Waals surface area (Å²) in [5.41, 5.74) is 0. The highest BCUT2D eigenvalue weighted by Gasteiger charge is 2.22. The van der Waals surface area contributed by atoms with Gasteiger partial charge in [-0.05, 0) is 6.92 Å². The molecule has 0 bridgehead atoms. The summed E-state index contributed by atoms with van der Waals surface area (Å²) >= 11 is 0. The second kappa shape index (κ2) is 7.24. The lowest BCUT2D eigenvalue weighted by Crippen LogP contribution is -2.49. The van der Waals surface area contributed by atoms with Crippen molar-refractivity contribution in [2.24, 2.45) is 0 Å². The third kappa shape index (κ3) is 4.70. The lowest BCUT2D eigenvalue weighted by Gasteiger charge is -2.34. The number of nitrogens with zero attached hydrogens (tertiary/aromatic N) is 2. The van der Waals surface area contributed by atoms with Gasteiger partial charge in [0, 0.05) is 32.7 Å². The van der Waals surface area contributed by atoms with Gasteiger partial charge in [0.15, 0.2) is 0 Å². The molecule has 98 valence electrons. The van der Waals surface area contributed by atoms with Crippen molar-refractivity contribution < 1.29 is 19.4 Å². The number of amides is 1. The lowest BCUT2D eigenvalue weighted by atomic mass is 10.3. The third-order valence-corrected chi connectivity index (χ3v) is 2.74. The summed E-state index contributed by atoms with van der Waals surface area (Å²) in [6.07, 6.45) is -0.173. The molecule has 1 aliphatic heterocycles. The van der Waals surface area contributed by atoms with E-state index in [0.29, 0.717) is 26.2 Å². The van der Waals surface area contributed by atoms with Gasteiger partial charge in [-0.25, -0.2) is 0 Å². The number of carbonyl (C=O) groups excluding carboxylic acids is 2. The molecule has 1 N–H and O–H groups in total. The zero-order valence-electron chi connectivity index (χ0n) is 10.2. The van der Waals surface area contributed by atoms with Gasteiger partial charge in [-0.2, -0.15) is 0 Å². The highest BCUT2D eigenvalue weighted by atomic mass is 16.5. The summed E-state index contributed by atoms with van der Waals surface area (Å²) in [5.74, 6) is -0.637. The van der Waals surface area contributed by atoms with E-state index in [2.05, 4.69) is 4.90 Å². The normalized spacial score (nSPS) is 16.9. The lowest BCUT2D eigenvalue weighted by molar-refractivity contribution is -0.149. The Labute approximate surface area is 101 Å². The van der Waals surface area contributed by atoms with Crippen LogP contribution in [0.2, 0.25) is 0 Å². The molecule has 0 radical (unpaired) electrons. The number of esters is 1. The monoisotopic (exact) mass is 244 g/mol. The van der Waals surface area contributed by atoms with Gasteiger partial charge < -0.3 is 14.7 Å². The van der Waals surface area contributed by atoms with Crippen molar-refractivity contribution in [3.05, 3.63) is 0 Å². The quantitative estimate of drug-likeness (QED) is 0.500. The van der Waals surface area contributed by atoms with Gasteiger partial charge in [-0.15, -0.1) is 0 Å². The zero-order valence-corrected chi connectivity index (χ0v) is 10.2. The maximum atomic E-state index is 11.7. The average Bonchev–Trinajstić information content (AvgIpc) is 2.30. The smallest absolute Gasteiger partial charge is 0.315 e. The number of hydrogen-bond acceptors (Lipinski definition) is 5. The standard InChI is InChI=1S/C11H20N2O4/c1-2-17-11(16)9-10(15)13-5-3-12(4-6-13)7-8-14/h14H,2-9H2,1H3. The summed E-state index contributed by atoms with van der Waals surface area (Å²) in [5, 5.41) is 8.79. The summed E-state index contributed by atoms with van der Waals surface area (Å²) in [6, 6.07) is 0. The summed E-state index contributed by atoms with van der Waals surface area (Å²) in [7, 11) is 0. The fourth-order valence-corrected chi connectivity index (χ4v) is 1.81. The van der Waals surface area contributed by atoms with Crippen LogP contribution in [0.1, 0.15) is 13.3 Å². The van der Waals surface area contributed by atoms with Gasteiger partial charge in [-0.3, -0.25) is 14.5 Å². The Morgan fingerprint density at radius 1 is 1.24 bits per heavy atom. The van der Waals surface area contributed by atoms with E-state index < -0.39 is 5.97 Å². The molecule has 0 atom stereocenters. The molecule has 1 saturated heterocycles. The molecule has 0 aromatic carbocycles. The average molecular weight is 244 g/mol. The predicted molar refractivity (Wildman–Crippen MR) is 61.4 cm³/mol. The molecule has 1 heterocycles. The van der Waals surface area contributed by atoms with Crippen LogP contribution in [-0.4, -0.2) is 72.7 Å². The maximum Gasteiger partial charge on any atom is 0.315 e. The summed E-state index contributed by atoms with van der Waals surface area (Å²) < 4.78 is 4.73. The molecule has 0 spiro atoms. The van der Waals surface area contributed by atoms with Gasteiger partial charge in [0.2, 0.25) is 5.91 Å². The van der Waals surface area contributed by atoms with E-state index in [9.17, 15) is 9.59 Å². The van der Waals surface area contributed by atoms with Gasteiger partial charge in [-0.1, -0.05) is 0 Å². The number of rotatable bonds is 5. The van der Waals surface area contributed by atoms with Crippen molar-refractivity contribution in [3.8, 4) is 0 Å².